The van der Waals surface area contributed by atoms with Crippen molar-refractivity contribution in [2.75, 3.05) is 4.90 Å². The van der Waals surface area contributed by atoms with E-state index in [4.69, 9.17) is 4.42 Å². The van der Waals surface area contributed by atoms with Gasteiger partial charge in [0.15, 0.2) is 0 Å². The zero-order valence-electron chi connectivity index (χ0n) is 27.9. The van der Waals surface area contributed by atoms with Crippen LogP contribution in [0.15, 0.2) is 168 Å². The first kappa shape index (κ1) is 28.9. The van der Waals surface area contributed by atoms with Gasteiger partial charge in [-0.05, 0) is 81.2 Å². The van der Waals surface area contributed by atoms with Gasteiger partial charge in [0.25, 0.3) is 0 Å². The average molecular weight is 685 g/mol. The van der Waals surface area contributed by atoms with Crippen LogP contribution in [0, 0.1) is 0 Å². The van der Waals surface area contributed by atoms with Gasteiger partial charge in [-0.25, -0.2) is 0 Å². The molecule has 0 N–H and O–H groups in total. The summed E-state index contributed by atoms with van der Waals surface area (Å²) in [6.07, 6.45) is 0. The molecule has 0 saturated carbocycles. The zero-order valence-corrected chi connectivity index (χ0v) is 29.7. The van der Waals surface area contributed by atoms with Crippen molar-refractivity contribution in [3.05, 3.63) is 164 Å². The summed E-state index contributed by atoms with van der Waals surface area (Å²) in [5, 5.41) is 10.4. The second kappa shape index (κ2) is 11.0. The minimum atomic E-state index is -0.968. The third kappa shape index (κ3) is 4.34. The quantitative estimate of drug-likeness (QED) is 0.172. The highest BCUT2D eigenvalue weighted by Gasteiger charge is 2.18. The topological polar surface area (TPSA) is 16.4 Å². The van der Waals surface area contributed by atoms with Gasteiger partial charge in [0.1, 0.15) is 11.2 Å². The van der Waals surface area contributed by atoms with Crippen LogP contribution in [0.2, 0.25) is 0 Å². The lowest BCUT2D eigenvalue weighted by molar-refractivity contribution is 0.669. The molecule has 8 aromatic carbocycles. The second-order valence-electron chi connectivity index (χ2n) is 13.5. The standard InChI is InChI=1S/C47H30NOSSi/c1-51-44-26-24-38-37-13-5-7-16-43(37)50-47(38)46(44)39-23-21-33(28-45(39)51)48(32-22-25-42-40(27-32)36-12-4-6-15-41(36)49-42)31-19-17-30(18-20-31)35-14-8-10-29-9-2-3-11-34(29)35/h2-28H,1H3/q-1. The fraction of sp³-hybridized carbons (Fsp3) is 0.0213. The summed E-state index contributed by atoms with van der Waals surface area (Å²) < 4.78 is 9.03. The predicted molar refractivity (Wildman–Crippen MR) is 222 cm³/mol. The van der Waals surface area contributed by atoms with E-state index in [1.165, 1.54) is 68.5 Å². The van der Waals surface area contributed by atoms with Crippen molar-refractivity contribution in [3.63, 3.8) is 0 Å². The molecule has 0 aliphatic carbocycles. The van der Waals surface area contributed by atoms with Crippen LogP contribution >= 0.6 is 11.3 Å². The fourth-order valence-electron chi connectivity index (χ4n) is 8.28. The van der Waals surface area contributed by atoms with E-state index < -0.39 is 8.40 Å². The molecule has 0 saturated heterocycles. The summed E-state index contributed by atoms with van der Waals surface area (Å²) in [7, 11) is -0.968. The largest absolute Gasteiger partial charge is 0.456 e. The molecule has 0 unspecified atom stereocenters. The summed E-state index contributed by atoms with van der Waals surface area (Å²) in [5.41, 5.74) is 7.68. The van der Waals surface area contributed by atoms with Gasteiger partial charge in [-0.2, -0.15) is 16.5 Å². The molecule has 240 valence electrons. The Morgan fingerprint density at radius 1 is 0.490 bits per heavy atom. The molecule has 0 amide bonds. The van der Waals surface area contributed by atoms with E-state index in [1.807, 2.05) is 17.4 Å². The second-order valence-corrected chi connectivity index (χ2v) is 16.9. The third-order valence-electron chi connectivity index (χ3n) is 10.7. The van der Waals surface area contributed by atoms with Gasteiger partial charge in [-0.3, -0.25) is 8.40 Å². The van der Waals surface area contributed by atoms with Crippen molar-refractivity contribution >= 4 is 110 Å². The number of hydrogen-bond acceptors (Lipinski definition) is 3. The summed E-state index contributed by atoms with van der Waals surface area (Å²) in [4.78, 5) is 5.41. The first-order valence-corrected chi connectivity index (χ1v) is 20.2. The molecular formula is C47H30NOSSi-. The van der Waals surface area contributed by atoms with Gasteiger partial charge in [0.05, 0.1) is 0 Å². The van der Waals surface area contributed by atoms with Crippen LogP contribution in [-0.2, 0) is 6.55 Å². The van der Waals surface area contributed by atoms with Crippen LogP contribution in [0.25, 0.3) is 84.8 Å². The molecule has 0 atom stereocenters. The van der Waals surface area contributed by atoms with Gasteiger partial charge in [0.2, 0.25) is 0 Å². The van der Waals surface area contributed by atoms with E-state index in [2.05, 4.69) is 169 Å². The molecule has 0 aliphatic heterocycles. The minimum Gasteiger partial charge on any atom is -0.456 e. The maximum Gasteiger partial charge on any atom is 0.135 e. The van der Waals surface area contributed by atoms with Gasteiger partial charge in [-0.1, -0.05) is 115 Å². The van der Waals surface area contributed by atoms with Crippen molar-refractivity contribution in [3.8, 4) is 11.1 Å². The number of rotatable bonds is 4. The van der Waals surface area contributed by atoms with E-state index in [9.17, 15) is 0 Å². The summed E-state index contributed by atoms with van der Waals surface area (Å²) >= 11 is 1.94. The van der Waals surface area contributed by atoms with E-state index in [-0.39, 0.29) is 0 Å². The summed E-state index contributed by atoms with van der Waals surface area (Å²) in [6.45, 7) is 2.46. The van der Waals surface area contributed by atoms with Gasteiger partial charge < -0.3 is 9.32 Å². The molecule has 3 aromatic heterocycles. The Bertz CT molecular complexity index is 3160. The maximum atomic E-state index is 6.25. The monoisotopic (exact) mass is 684 g/mol. The highest BCUT2D eigenvalue weighted by atomic mass is 32.1. The molecule has 0 spiro atoms. The molecule has 51 heavy (non-hydrogen) atoms. The average Bonchev–Trinajstić information content (AvgIpc) is 3.84. The Morgan fingerprint density at radius 2 is 1.18 bits per heavy atom. The number of nitrogens with zero attached hydrogens (tertiary/aromatic N) is 1. The van der Waals surface area contributed by atoms with Crippen LogP contribution in [0.3, 0.4) is 0 Å². The first-order chi connectivity index (χ1) is 25.2. The molecule has 11 rings (SSSR count). The Balaban J connectivity index is 1.12. The zero-order chi connectivity index (χ0) is 33.6. The molecule has 0 bridgehead atoms. The fourth-order valence-corrected chi connectivity index (χ4v) is 11.9. The normalized spacial score (nSPS) is 12.0. The summed E-state index contributed by atoms with van der Waals surface area (Å²) in [6, 6.07) is 60.0. The van der Waals surface area contributed by atoms with Crippen LogP contribution < -0.4 is 4.90 Å². The van der Waals surface area contributed by atoms with E-state index in [0.29, 0.717) is 0 Å². The van der Waals surface area contributed by atoms with Crippen LogP contribution in [0.1, 0.15) is 0 Å². The molecule has 2 nitrogen and oxygen atoms in total. The minimum absolute atomic E-state index is 0.905. The van der Waals surface area contributed by atoms with Gasteiger partial charge in [0, 0.05) is 48.0 Å². The first-order valence-electron chi connectivity index (χ1n) is 17.4. The van der Waals surface area contributed by atoms with Crippen molar-refractivity contribution in [2.45, 2.75) is 0 Å². The highest BCUT2D eigenvalue weighted by molar-refractivity contribution is 7.27. The lowest BCUT2D eigenvalue weighted by Gasteiger charge is -2.27. The van der Waals surface area contributed by atoms with E-state index >= 15 is 0 Å². The molecule has 0 fully saturated rings. The smallest absolute Gasteiger partial charge is 0.135 e. The lowest BCUT2D eigenvalue weighted by atomic mass is 9.98. The highest BCUT2D eigenvalue weighted by Crippen LogP contribution is 2.45. The van der Waals surface area contributed by atoms with Gasteiger partial charge in [-0.15, -0.1) is 11.3 Å². The van der Waals surface area contributed by atoms with Crippen LogP contribution in [0.4, 0.5) is 17.1 Å². The van der Waals surface area contributed by atoms with Crippen molar-refractivity contribution in [1.82, 2.24) is 0 Å². The Labute approximate surface area is 299 Å². The predicted octanol–water partition coefficient (Wildman–Crippen LogP) is 13.8. The van der Waals surface area contributed by atoms with Crippen molar-refractivity contribution < 1.29 is 4.42 Å². The number of benzene rings is 8. The number of furan rings is 1. The molecule has 11 aromatic rings. The van der Waals surface area contributed by atoms with Crippen molar-refractivity contribution in [2.24, 2.45) is 6.55 Å². The number of thiophene rings is 1. The number of anilines is 3. The Morgan fingerprint density at radius 3 is 2.08 bits per heavy atom. The van der Waals surface area contributed by atoms with Crippen LogP contribution in [0.5, 0.6) is 0 Å². The number of fused-ring (bicyclic) bond motifs is 11. The molecule has 0 aliphatic rings. The molecule has 0 radical (unpaired) electrons. The molecular weight excluding hydrogens is 655 g/mol. The number of para-hydroxylation sites is 1. The van der Waals surface area contributed by atoms with Gasteiger partial charge >= 0.3 is 0 Å². The SMILES string of the molecule is C[si-]1c2cc(N(c3ccc(-c4cccc5ccccc45)cc3)c3ccc4oc5ccccc5c4c3)ccc2c2c3sc4ccccc4c3ccc21. The van der Waals surface area contributed by atoms with Crippen LogP contribution in [-0.4, -0.2) is 8.40 Å². The third-order valence-corrected chi connectivity index (χ3v) is 14.4. The van der Waals surface area contributed by atoms with Crippen molar-refractivity contribution in [1.29, 1.82) is 0 Å². The molecule has 4 heteroatoms. The Hall–Kier alpha value is -5.94. The maximum absolute atomic E-state index is 6.25. The lowest BCUT2D eigenvalue weighted by Crippen LogP contribution is -2.10. The number of aryl methyl sites for hydroxylation is 1. The summed E-state index contributed by atoms with van der Waals surface area (Å²) in [5.74, 6) is 0. The number of hydrogen-bond donors (Lipinski definition) is 0. The van der Waals surface area contributed by atoms with E-state index in [0.717, 1.165) is 33.3 Å². The Kier molecular flexibility index (Phi) is 6.24. The molecule has 3 heterocycles. The van der Waals surface area contributed by atoms with E-state index in [1.54, 1.807) is 0 Å².